The summed E-state index contributed by atoms with van der Waals surface area (Å²) in [7, 11) is 3.22. The highest BCUT2D eigenvalue weighted by molar-refractivity contribution is 6.47. The molecule has 0 unspecified atom stereocenters. The van der Waals surface area contributed by atoms with Crippen LogP contribution < -0.4 is 10.2 Å². The number of ketones is 1. The van der Waals surface area contributed by atoms with Gasteiger partial charge in [0.15, 0.2) is 5.78 Å². The van der Waals surface area contributed by atoms with Gasteiger partial charge in [-0.15, -0.1) is 0 Å². The van der Waals surface area contributed by atoms with E-state index in [1.165, 1.54) is 0 Å². The lowest BCUT2D eigenvalue weighted by molar-refractivity contribution is -0.0893. The van der Waals surface area contributed by atoms with Crippen molar-refractivity contribution in [2.24, 2.45) is 0 Å². The standard InChI is InChI=1S/C21H34BO4/c1-8-10-11-12-17(23)19-15(9-2)13-16(14-18(19)25-7)22-26-21(5,6)20(3,4)24/h13-14,24H,8-12H2,1-7H3. The Bertz CT molecular complexity index is 578. The topological polar surface area (TPSA) is 55.8 Å². The van der Waals surface area contributed by atoms with E-state index < -0.39 is 11.2 Å². The summed E-state index contributed by atoms with van der Waals surface area (Å²) in [6.07, 6.45) is 4.33. The number of benzene rings is 1. The van der Waals surface area contributed by atoms with Crippen molar-refractivity contribution in [2.45, 2.75) is 84.8 Å². The highest BCUT2D eigenvalue weighted by atomic mass is 16.5. The van der Waals surface area contributed by atoms with Gasteiger partial charge in [0.2, 0.25) is 0 Å². The Morgan fingerprint density at radius 1 is 1.15 bits per heavy atom. The Morgan fingerprint density at radius 3 is 2.31 bits per heavy atom. The molecule has 0 spiro atoms. The van der Waals surface area contributed by atoms with Gasteiger partial charge in [0.25, 0.3) is 0 Å². The first kappa shape index (κ1) is 22.7. The maximum absolute atomic E-state index is 12.7. The summed E-state index contributed by atoms with van der Waals surface area (Å²) in [4.78, 5) is 12.7. The first-order valence-corrected chi connectivity index (χ1v) is 9.54. The number of methoxy groups -OCH3 is 1. The van der Waals surface area contributed by atoms with Crippen LogP contribution >= 0.6 is 0 Å². The van der Waals surface area contributed by atoms with Gasteiger partial charge in [0, 0.05) is 6.42 Å². The van der Waals surface area contributed by atoms with Crippen LogP contribution in [-0.2, 0) is 11.1 Å². The number of ether oxygens (including phenoxy) is 1. The fraction of sp³-hybridized carbons (Fsp3) is 0.667. The first-order chi connectivity index (χ1) is 12.1. The fourth-order valence-corrected chi connectivity index (χ4v) is 2.54. The van der Waals surface area contributed by atoms with Crippen molar-refractivity contribution in [1.82, 2.24) is 0 Å². The molecule has 0 heterocycles. The number of hydrogen-bond donors (Lipinski definition) is 1. The molecule has 1 N–H and O–H groups in total. The van der Waals surface area contributed by atoms with E-state index in [-0.39, 0.29) is 5.78 Å². The van der Waals surface area contributed by atoms with Crippen molar-refractivity contribution in [1.29, 1.82) is 0 Å². The van der Waals surface area contributed by atoms with Gasteiger partial charge >= 0.3 is 7.48 Å². The van der Waals surface area contributed by atoms with Gasteiger partial charge in [0.05, 0.1) is 23.9 Å². The van der Waals surface area contributed by atoms with E-state index in [0.717, 1.165) is 36.7 Å². The average Bonchev–Trinajstić information content (AvgIpc) is 2.58. The van der Waals surface area contributed by atoms with Gasteiger partial charge in [-0.1, -0.05) is 32.8 Å². The van der Waals surface area contributed by atoms with Gasteiger partial charge < -0.3 is 14.5 Å². The molecule has 4 nitrogen and oxygen atoms in total. The molecule has 1 rings (SSSR count). The van der Waals surface area contributed by atoms with Crippen molar-refractivity contribution in [3.63, 3.8) is 0 Å². The lowest BCUT2D eigenvalue weighted by Gasteiger charge is -2.37. The van der Waals surface area contributed by atoms with Crippen LogP contribution in [-0.4, -0.2) is 36.7 Å². The molecular weight excluding hydrogens is 327 g/mol. The molecular formula is C21H34BO4. The highest BCUT2D eigenvalue weighted by Crippen LogP contribution is 2.26. The Morgan fingerprint density at radius 2 is 1.81 bits per heavy atom. The minimum absolute atomic E-state index is 0.136. The average molecular weight is 361 g/mol. The maximum atomic E-state index is 12.7. The number of carbonyl (C=O) groups excluding carboxylic acids is 1. The predicted molar refractivity (Wildman–Crippen MR) is 108 cm³/mol. The summed E-state index contributed by atoms with van der Waals surface area (Å²) in [6.45, 7) is 11.3. The molecule has 1 aromatic carbocycles. The largest absolute Gasteiger partial charge is 0.496 e. The van der Waals surface area contributed by atoms with Crippen LogP contribution in [0.5, 0.6) is 5.75 Å². The van der Waals surface area contributed by atoms with E-state index in [4.69, 9.17) is 9.39 Å². The molecule has 1 aromatic rings. The van der Waals surface area contributed by atoms with E-state index in [0.29, 0.717) is 17.7 Å². The van der Waals surface area contributed by atoms with Gasteiger partial charge in [-0.2, -0.15) is 0 Å². The molecule has 145 valence electrons. The SMILES string of the molecule is CCCCCC(=O)c1c(CC)cc([B]OC(C)(C)C(C)(C)O)cc1OC. The quantitative estimate of drug-likeness (QED) is 0.370. The van der Waals surface area contributed by atoms with Gasteiger partial charge in [-0.05, 0) is 57.6 Å². The van der Waals surface area contributed by atoms with Crippen LogP contribution in [0.4, 0.5) is 0 Å². The number of aryl methyl sites for hydroxylation is 1. The number of Topliss-reactive ketones (excluding diaryl/α,β-unsaturated/α-hetero) is 1. The Kier molecular flexibility index (Phi) is 8.36. The molecule has 0 saturated heterocycles. The summed E-state index contributed by atoms with van der Waals surface area (Å²) in [5.41, 5.74) is 0.727. The molecule has 0 fully saturated rings. The van der Waals surface area contributed by atoms with E-state index >= 15 is 0 Å². The molecule has 0 aliphatic rings. The van der Waals surface area contributed by atoms with Crippen molar-refractivity contribution < 1.29 is 19.3 Å². The third-order valence-corrected chi connectivity index (χ3v) is 5.06. The number of unbranched alkanes of at least 4 members (excludes halogenated alkanes) is 2. The monoisotopic (exact) mass is 361 g/mol. The Hall–Kier alpha value is -1.33. The molecule has 0 atom stereocenters. The minimum Gasteiger partial charge on any atom is -0.496 e. The smallest absolute Gasteiger partial charge is 0.331 e. The fourth-order valence-electron chi connectivity index (χ4n) is 2.54. The molecule has 5 heteroatoms. The second-order valence-corrected chi connectivity index (χ2v) is 7.80. The number of rotatable bonds is 11. The molecule has 0 amide bonds. The number of aliphatic hydroxyl groups is 1. The zero-order chi connectivity index (χ0) is 20.0. The highest BCUT2D eigenvalue weighted by Gasteiger charge is 2.35. The van der Waals surface area contributed by atoms with Gasteiger partial charge in [-0.3, -0.25) is 4.79 Å². The summed E-state index contributed by atoms with van der Waals surface area (Å²) in [5, 5.41) is 10.2. The van der Waals surface area contributed by atoms with Crippen molar-refractivity contribution in [2.75, 3.05) is 7.11 Å². The molecule has 1 radical (unpaired) electrons. The minimum atomic E-state index is -0.990. The zero-order valence-corrected chi connectivity index (χ0v) is 17.4. The summed E-state index contributed by atoms with van der Waals surface area (Å²) in [5.74, 6) is 0.721. The molecule has 0 aliphatic heterocycles. The Labute approximate surface area is 159 Å². The van der Waals surface area contributed by atoms with Crippen LogP contribution in [0.3, 0.4) is 0 Å². The van der Waals surface area contributed by atoms with E-state index in [9.17, 15) is 9.90 Å². The van der Waals surface area contributed by atoms with Crippen LogP contribution in [0, 0.1) is 0 Å². The van der Waals surface area contributed by atoms with Crippen molar-refractivity contribution in [3.05, 3.63) is 23.3 Å². The van der Waals surface area contributed by atoms with Gasteiger partial charge in [-0.25, -0.2) is 0 Å². The predicted octanol–water partition coefficient (Wildman–Crippen LogP) is 3.83. The number of hydrogen-bond acceptors (Lipinski definition) is 4. The molecule has 0 bridgehead atoms. The Balaban J connectivity index is 3.06. The third kappa shape index (κ3) is 5.85. The zero-order valence-electron chi connectivity index (χ0n) is 17.4. The van der Waals surface area contributed by atoms with Crippen LogP contribution in [0.25, 0.3) is 0 Å². The number of carbonyl (C=O) groups is 1. The second kappa shape index (κ2) is 9.56. The van der Waals surface area contributed by atoms with Crippen LogP contribution in [0.15, 0.2) is 12.1 Å². The van der Waals surface area contributed by atoms with E-state index in [1.54, 1.807) is 28.4 Å². The molecule has 0 saturated carbocycles. The van der Waals surface area contributed by atoms with Crippen molar-refractivity contribution >= 4 is 18.7 Å². The van der Waals surface area contributed by atoms with Gasteiger partial charge in [0.1, 0.15) is 5.75 Å². The maximum Gasteiger partial charge on any atom is 0.331 e. The van der Waals surface area contributed by atoms with E-state index in [1.807, 2.05) is 32.9 Å². The lowest BCUT2D eigenvalue weighted by Crippen LogP contribution is -2.49. The molecule has 26 heavy (non-hydrogen) atoms. The van der Waals surface area contributed by atoms with Crippen LogP contribution in [0.2, 0.25) is 0 Å². The van der Waals surface area contributed by atoms with E-state index in [2.05, 4.69) is 6.92 Å². The molecule has 0 aliphatic carbocycles. The summed E-state index contributed by atoms with van der Waals surface area (Å²) in [6, 6.07) is 3.79. The van der Waals surface area contributed by atoms with Crippen LogP contribution in [0.1, 0.15) is 83.1 Å². The normalized spacial score (nSPS) is 12.2. The lowest BCUT2D eigenvalue weighted by atomic mass is 9.80. The summed E-state index contributed by atoms with van der Waals surface area (Å²) >= 11 is 0. The first-order valence-electron chi connectivity index (χ1n) is 9.54. The summed E-state index contributed by atoms with van der Waals surface area (Å²) < 4.78 is 11.4. The van der Waals surface area contributed by atoms with Crippen molar-refractivity contribution in [3.8, 4) is 5.75 Å². The third-order valence-electron chi connectivity index (χ3n) is 5.06. The second-order valence-electron chi connectivity index (χ2n) is 7.80. The molecule has 0 aromatic heterocycles.